The summed E-state index contributed by atoms with van der Waals surface area (Å²) in [6.07, 6.45) is 2.87. The number of halogens is 2. The summed E-state index contributed by atoms with van der Waals surface area (Å²) in [7, 11) is 1.62. The van der Waals surface area contributed by atoms with Crippen molar-refractivity contribution >= 4 is 21.8 Å². The summed E-state index contributed by atoms with van der Waals surface area (Å²) in [5.41, 5.74) is 0.851. The topological polar surface area (TPSA) is 49.0 Å². The van der Waals surface area contributed by atoms with E-state index in [1.54, 1.807) is 19.2 Å². The highest BCUT2D eigenvalue weighted by Gasteiger charge is 2.14. The van der Waals surface area contributed by atoms with Crippen LogP contribution in [0.15, 0.2) is 35.2 Å². The quantitative estimate of drug-likeness (QED) is 0.947. The van der Waals surface area contributed by atoms with Crippen molar-refractivity contribution in [3.63, 3.8) is 0 Å². The van der Waals surface area contributed by atoms with Gasteiger partial charge in [0.05, 0.1) is 12.5 Å². The predicted molar refractivity (Wildman–Crippen MR) is 68.5 cm³/mol. The van der Waals surface area contributed by atoms with E-state index < -0.39 is 0 Å². The molecule has 0 saturated carbocycles. The lowest BCUT2D eigenvalue weighted by atomic mass is 10.2. The van der Waals surface area contributed by atoms with Gasteiger partial charge in [0.1, 0.15) is 11.5 Å². The maximum atomic E-state index is 13.6. The van der Waals surface area contributed by atoms with Gasteiger partial charge in [0.2, 0.25) is 0 Å². The molecule has 1 N–H and O–H groups in total. The molecule has 6 heteroatoms. The maximum absolute atomic E-state index is 13.6. The summed E-state index contributed by atoms with van der Waals surface area (Å²) in [4.78, 5) is 19.8. The molecule has 1 aromatic carbocycles. The van der Waals surface area contributed by atoms with E-state index in [-0.39, 0.29) is 18.3 Å². The number of H-pyrrole nitrogens is 1. The number of carbonyl (C=O) groups excluding carboxylic acids is 1. The number of aromatic amines is 1. The number of nitrogens with zero attached hydrogens (tertiary/aromatic N) is 2. The number of rotatable bonds is 3. The Balaban J connectivity index is 2.11. The summed E-state index contributed by atoms with van der Waals surface area (Å²) < 4.78 is 14.3. The van der Waals surface area contributed by atoms with Gasteiger partial charge in [0, 0.05) is 23.6 Å². The van der Waals surface area contributed by atoms with Crippen molar-refractivity contribution in [1.82, 2.24) is 14.9 Å². The van der Waals surface area contributed by atoms with Crippen LogP contribution in [0.1, 0.15) is 16.1 Å². The Morgan fingerprint density at radius 3 is 2.94 bits per heavy atom. The number of hydrogen-bond acceptors (Lipinski definition) is 2. The first-order valence-corrected chi connectivity index (χ1v) is 6.05. The molecule has 0 aliphatic carbocycles. The lowest BCUT2D eigenvalue weighted by Gasteiger charge is -2.16. The first-order valence-electron chi connectivity index (χ1n) is 5.25. The highest BCUT2D eigenvalue weighted by Crippen LogP contribution is 2.17. The highest BCUT2D eigenvalue weighted by atomic mass is 79.9. The molecule has 0 unspecified atom stereocenters. The Morgan fingerprint density at radius 2 is 2.33 bits per heavy atom. The zero-order chi connectivity index (χ0) is 13.1. The highest BCUT2D eigenvalue weighted by molar-refractivity contribution is 9.10. The van der Waals surface area contributed by atoms with E-state index in [9.17, 15) is 9.18 Å². The molecule has 0 atom stereocenters. The molecule has 0 fully saturated rings. The van der Waals surface area contributed by atoms with Crippen LogP contribution in [0.25, 0.3) is 0 Å². The molecule has 0 spiro atoms. The second-order valence-electron chi connectivity index (χ2n) is 3.86. The molecule has 1 amide bonds. The van der Waals surface area contributed by atoms with Crippen LogP contribution < -0.4 is 0 Å². The van der Waals surface area contributed by atoms with Gasteiger partial charge in [-0.25, -0.2) is 9.37 Å². The Bertz CT molecular complexity index is 556. The van der Waals surface area contributed by atoms with E-state index >= 15 is 0 Å². The third kappa shape index (κ3) is 2.76. The van der Waals surface area contributed by atoms with E-state index in [4.69, 9.17) is 0 Å². The Labute approximate surface area is 112 Å². The molecule has 94 valence electrons. The SMILES string of the molecule is CN(Cc1ccc(Br)cc1F)C(=O)c1cnc[nH]1. The molecular weight excluding hydrogens is 301 g/mol. The van der Waals surface area contributed by atoms with Crippen molar-refractivity contribution in [1.29, 1.82) is 0 Å². The van der Waals surface area contributed by atoms with Crippen LogP contribution in [0.3, 0.4) is 0 Å². The molecular formula is C12H11BrFN3O. The standard InChI is InChI=1S/C12H11BrFN3O/c1-17(12(18)11-5-15-7-16-11)6-8-2-3-9(13)4-10(8)14/h2-5,7H,6H2,1H3,(H,15,16). The average molecular weight is 312 g/mol. The van der Waals surface area contributed by atoms with E-state index in [1.165, 1.54) is 23.5 Å². The molecule has 0 aliphatic rings. The molecule has 4 nitrogen and oxygen atoms in total. The summed E-state index contributed by atoms with van der Waals surface area (Å²) in [5, 5.41) is 0. The fourth-order valence-electron chi connectivity index (χ4n) is 1.56. The van der Waals surface area contributed by atoms with Gasteiger partial charge in [-0.05, 0) is 12.1 Å². The van der Waals surface area contributed by atoms with Gasteiger partial charge in [-0.3, -0.25) is 4.79 Å². The van der Waals surface area contributed by atoms with Crippen LogP contribution in [0.5, 0.6) is 0 Å². The number of amides is 1. The minimum atomic E-state index is -0.339. The van der Waals surface area contributed by atoms with Crippen molar-refractivity contribution in [2.75, 3.05) is 7.05 Å². The number of nitrogens with one attached hydrogen (secondary N) is 1. The van der Waals surface area contributed by atoms with Crippen LogP contribution in [0, 0.1) is 5.82 Å². The average Bonchev–Trinajstić information content (AvgIpc) is 2.85. The molecule has 0 aliphatic heterocycles. The van der Waals surface area contributed by atoms with Crippen molar-refractivity contribution in [2.24, 2.45) is 0 Å². The Morgan fingerprint density at radius 1 is 1.56 bits per heavy atom. The zero-order valence-corrected chi connectivity index (χ0v) is 11.2. The van der Waals surface area contributed by atoms with Crippen LogP contribution in [0.4, 0.5) is 4.39 Å². The van der Waals surface area contributed by atoms with Crippen LogP contribution in [-0.4, -0.2) is 27.8 Å². The second-order valence-corrected chi connectivity index (χ2v) is 4.78. The third-order valence-corrected chi connectivity index (χ3v) is 2.99. The third-order valence-electron chi connectivity index (χ3n) is 2.50. The van der Waals surface area contributed by atoms with Crippen molar-refractivity contribution < 1.29 is 9.18 Å². The van der Waals surface area contributed by atoms with Crippen molar-refractivity contribution in [2.45, 2.75) is 6.54 Å². The normalized spacial score (nSPS) is 10.4. The van der Waals surface area contributed by atoms with E-state index in [0.717, 1.165) is 0 Å². The van der Waals surface area contributed by atoms with Crippen LogP contribution >= 0.6 is 15.9 Å². The molecule has 0 radical (unpaired) electrons. The fourth-order valence-corrected chi connectivity index (χ4v) is 1.89. The number of benzene rings is 1. The summed E-state index contributed by atoms with van der Waals surface area (Å²) >= 11 is 3.19. The zero-order valence-electron chi connectivity index (χ0n) is 9.65. The molecule has 2 rings (SSSR count). The molecule has 18 heavy (non-hydrogen) atoms. The van der Waals surface area contributed by atoms with E-state index in [1.807, 2.05) is 0 Å². The largest absolute Gasteiger partial charge is 0.341 e. The first-order chi connectivity index (χ1) is 8.58. The van der Waals surface area contributed by atoms with E-state index in [0.29, 0.717) is 15.7 Å². The van der Waals surface area contributed by atoms with Gasteiger partial charge in [-0.2, -0.15) is 0 Å². The Hall–Kier alpha value is -1.69. The minimum absolute atomic E-state index is 0.205. The monoisotopic (exact) mass is 311 g/mol. The van der Waals surface area contributed by atoms with Crippen molar-refractivity contribution in [3.8, 4) is 0 Å². The molecule has 2 aromatic rings. The summed E-state index contributed by atoms with van der Waals surface area (Å²) in [6.45, 7) is 0.205. The summed E-state index contributed by atoms with van der Waals surface area (Å²) in [5.74, 6) is -0.566. The van der Waals surface area contributed by atoms with Gasteiger partial charge < -0.3 is 9.88 Å². The van der Waals surface area contributed by atoms with Crippen LogP contribution in [-0.2, 0) is 6.54 Å². The lowest BCUT2D eigenvalue weighted by molar-refractivity contribution is 0.0778. The van der Waals surface area contributed by atoms with Crippen molar-refractivity contribution in [3.05, 3.63) is 52.3 Å². The molecule has 1 aromatic heterocycles. The Kier molecular flexibility index (Phi) is 3.76. The number of hydrogen-bond donors (Lipinski definition) is 1. The van der Waals surface area contributed by atoms with E-state index in [2.05, 4.69) is 25.9 Å². The van der Waals surface area contributed by atoms with Gasteiger partial charge in [0.25, 0.3) is 5.91 Å². The first kappa shape index (κ1) is 12.8. The number of imidazole rings is 1. The maximum Gasteiger partial charge on any atom is 0.271 e. The second kappa shape index (κ2) is 5.30. The van der Waals surface area contributed by atoms with Gasteiger partial charge >= 0.3 is 0 Å². The van der Waals surface area contributed by atoms with Gasteiger partial charge in [0.15, 0.2) is 0 Å². The predicted octanol–water partition coefficient (Wildman–Crippen LogP) is 2.58. The summed E-state index contributed by atoms with van der Waals surface area (Å²) in [6, 6.07) is 4.77. The van der Waals surface area contributed by atoms with Crippen LogP contribution in [0.2, 0.25) is 0 Å². The molecule has 1 heterocycles. The number of carbonyl (C=O) groups is 1. The fraction of sp³-hybridized carbons (Fsp3) is 0.167. The minimum Gasteiger partial charge on any atom is -0.341 e. The van der Waals surface area contributed by atoms with Gasteiger partial charge in [-0.1, -0.05) is 22.0 Å². The molecule has 0 saturated heterocycles. The molecule has 0 bridgehead atoms. The smallest absolute Gasteiger partial charge is 0.271 e. The number of aromatic nitrogens is 2. The lowest BCUT2D eigenvalue weighted by Crippen LogP contribution is -2.26. The van der Waals surface area contributed by atoms with Gasteiger partial charge in [-0.15, -0.1) is 0 Å².